The summed E-state index contributed by atoms with van der Waals surface area (Å²) in [4.78, 5) is 37.5. The lowest BCUT2D eigenvalue weighted by Crippen LogP contribution is -2.35. The molecule has 43 heavy (non-hydrogen) atoms. The van der Waals surface area contributed by atoms with E-state index in [-0.39, 0.29) is 50.8 Å². The summed E-state index contributed by atoms with van der Waals surface area (Å²) in [5.41, 5.74) is 3.45. The summed E-state index contributed by atoms with van der Waals surface area (Å²) in [6.07, 6.45) is 0.342. The molecular weight excluding hydrogens is 556 g/mol. The van der Waals surface area contributed by atoms with Crippen LogP contribution in [0.2, 0.25) is 0 Å². The molecule has 11 nitrogen and oxygen atoms in total. The fourth-order valence-corrected chi connectivity index (χ4v) is 4.05. The molecular formula is C32H40N2O9. The Kier molecular flexibility index (Phi) is 15.8. The number of carboxylic acids is 1. The minimum absolute atomic E-state index is 0.0179. The molecule has 2 N–H and O–H groups in total. The molecule has 0 saturated carbocycles. The molecule has 0 atom stereocenters. The molecule has 1 aliphatic rings. The number of carboxylic acid groups (broad SMARTS) is 1. The first-order valence-corrected chi connectivity index (χ1v) is 14.4. The van der Waals surface area contributed by atoms with Gasteiger partial charge in [-0.25, -0.2) is 0 Å². The molecule has 1 aliphatic heterocycles. The van der Waals surface area contributed by atoms with Gasteiger partial charge in [0.25, 0.3) is 0 Å². The third-order valence-corrected chi connectivity index (χ3v) is 6.26. The number of para-hydroxylation sites is 1. The number of hydrogen-bond donors (Lipinski definition) is 2. The van der Waals surface area contributed by atoms with Crippen LogP contribution >= 0.6 is 0 Å². The van der Waals surface area contributed by atoms with Gasteiger partial charge < -0.3 is 39.0 Å². The van der Waals surface area contributed by atoms with Gasteiger partial charge in [-0.2, -0.15) is 0 Å². The summed E-state index contributed by atoms with van der Waals surface area (Å²) in [7, 11) is 0. The quantitative estimate of drug-likeness (QED) is 0.165. The number of fused-ring (bicyclic) bond motifs is 2. The molecule has 0 fully saturated rings. The van der Waals surface area contributed by atoms with Crippen molar-refractivity contribution >= 4 is 23.5 Å². The van der Waals surface area contributed by atoms with Crippen LogP contribution < -0.4 is 10.2 Å². The minimum Gasteiger partial charge on any atom is -0.481 e. The number of rotatable bonds is 21. The highest BCUT2D eigenvalue weighted by atomic mass is 16.6. The maximum Gasteiger partial charge on any atom is 0.305 e. The van der Waals surface area contributed by atoms with Crippen molar-refractivity contribution in [3.05, 3.63) is 65.2 Å². The van der Waals surface area contributed by atoms with Crippen LogP contribution in [-0.4, -0.2) is 95.5 Å². The number of nitrogens with one attached hydrogen (secondary N) is 1. The largest absolute Gasteiger partial charge is 0.481 e. The first-order chi connectivity index (χ1) is 21.0. The number of ether oxygens (including phenoxy) is 5. The fraction of sp³-hybridized carbons (Fsp3) is 0.469. The van der Waals surface area contributed by atoms with Crippen LogP contribution in [-0.2, 0) is 44.6 Å². The standard InChI is InChI=1S/C32H40N2O9/c35-30(12-15-39-17-19-41-21-23-43-24-22-42-20-18-40-16-13-32(37)38)33-14-11-31(36)34-25-28-7-2-1-5-26(28)9-10-27-6-3-4-8-29(27)34/h1-8H,11-25H2,(H,33,35)(H,37,38). The second-order valence-electron chi connectivity index (χ2n) is 9.46. The number of nitrogens with zero attached hydrogens (tertiary/aromatic N) is 1. The first kappa shape index (κ1) is 33.7. The van der Waals surface area contributed by atoms with E-state index in [4.69, 9.17) is 28.8 Å². The molecule has 0 saturated heterocycles. The molecule has 2 aromatic rings. The molecule has 0 radical (unpaired) electrons. The Hall–Kier alpha value is -3.79. The van der Waals surface area contributed by atoms with Crippen molar-refractivity contribution in [3.8, 4) is 11.8 Å². The number of carbonyl (C=O) groups is 3. The van der Waals surface area contributed by atoms with Gasteiger partial charge in [-0.05, 0) is 23.8 Å². The van der Waals surface area contributed by atoms with Crippen molar-refractivity contribution in [3.63, 3.8) is 0 Å². The Morgan fingerprint density at radius 2 is 1.19 bits per heavy atom. The van der Waals surface area contributed by atoms with Gasteiger partial charge in [0.1, 0.15) is 0 Å². The molecule has 0 bridgehead atoms. The monoisotopic (exact) mass is 596 g/mol. The van der Waals surface area contributed by atoms with Crippen LogP contribution in [0, 0.1) is 11.8 Å². The zero-order chi connectivity index (χ0) is 30.5. The van der Waals surface area contributed by atoms with E-state index in [1.54, 1.807) is 4.90 Å². The Morgan fingerprint density at radius 3 is 1.81 bits per heavy atom. The van der Waals surface area contributed by atoms with Gasteiger partial charge in [-0.1, -0.05) is 42.2 Å². The number of carbonyl (C=O) groups excluding carboxylic acids is 2. The fourth-order valence-electron chi connectivity index (χ4n) is 4.05. The van der Waals surface area contributed by atoms with Crippen molar-refractivity contribution < 1.29 is 43.2 Å². The Balaban J connectivity index is 1.19. The summed E-state index contributed by atoms with van der Waals surface area (Å²) in [6.45, 7) is 4.21. The summed E-state index contributed by atoms with van der Waals surface area (Å²) in [5, 5.41) is 11.3. The topological polar surface area (TPSA) is 133 Å². The molecule has 0 aromatic heterocycles. The van der Waals surface area contributed by atoms with Crippen molar-refractivity contribution in [1.82, 2.24) is 5.32 Å². The number of amides is 2. The van der Waals surface area contributed by atoms with E-state index in [0.717, 1.165) is 22.4 Å². The van der Waals surface area contributed by atoms with Gasteiger partial charge in [0.05, 0.1) is 84.7 Å². The Labute approximate surface area is 252 Å². The van der Waals surface area contributed by atoms with Crippen molar-refractivity contribution in [1.29, 1.82) is 0 Å². The van der Waals surface area contributed by atoms with E-state index in [1.165, 1.54) is 0 Å². The van der Waals surface area contributed by atoms with Gasteiger partial charge in [-0.15, -0.1) is 0 Å². The van der Waals surface area contributed by atoms with Gasteiger partial charge in [0, 0.05) is 30.5 Å². The summed E-state index contributed by atoms with van der Waals surface area (Å²) >= 11 is 0. The maximum atomic E-state index is 13.2. The van der Waals surface area contributed by atoms with E-state index in [2.05, 4.69) is 17.2 Å². The summed E-state index contributed by atoms with van der Waals surface area (Å²) < 4.78 is 26.7. The average molecular weight is 597 g/mol. The summed E-state index contributed by atoms with van der Waals surface area (Å²) in [5.74, 6) is 5.24. The Morgan fingerprint density at radius 1 is 0.674 bits per heavy atom. The predicted octanol–water partition coefficient (Wildman–Crippen LogP) is 2.39. The lowest BCUT2D eigenvalue weighted by molar-refractivity contribution is -0.138. The average Bonchev–Trinajstić information content (AvgIpc) is 2.99. The summed E-state index contributed by atoms with van der Waals surface area (Å²) in [6, 6.07) is 15.4. The van der Waals surface area contributed by atoms with E-state index >= 15 is 0 Å². The normalized spacial score (nSPS) is 11.9. The number of hydrogen-bond acceptors (Lipinski definition) is 8. The highest BCUT2D eigenvalue weighted by molar-refractivity contribution is 5.95. The predicted molar refractivity (Wildman–Crippen MR) is 159 cm³/mol. The minimum atomic E-state index is -0.887. The third-order valence-electron chi connectivity index (χ3n) is 6.26. The molecule has 0 aliphatic carbocycles. The van der Waals surface area contributed by atoms with Crippen LogP contribution in [0.25, 0.3) is 0 Å². The van der Waals surface area contributed by atoms with Crippen molar-refractivity contribution in [2.24, 2.45) is 0 Å². The van der Waals surface area contributed by atoms with Crippen LogP contribution in [0.4, 0.5) is 5.69 Å². The Bertz CT molecular complexity index is 1220. The van der Waals surface area contributed by atoms with E-state index < -0.39 is 5.97 Å². The lowest BCUT2D eigenvalue weighted by atomic mass is 10.0. The van der Waals surface area contributed by atoms with Gasteiger partial charge in [0.15, 0.2) is 0 Å². The number of aliphatic carboxylic acids is 1. The molecule has 3 rings (SSSR count). The van der Waals surface area contributed by atoms with Gasteiger partial charge >= 0.3 is 5.97 Å². The highest BCUT2D eigenvalue weighted by Gasteiger charge is 2.21. The SMILES string of the molecule is O=C(O)CCOCCOCCOCCOCCOCCC(=O)NCCC(=O)N1Cc2ccccc2C#Cc2ccccc21. The molecule has 1 heterocycles. The van der Waals surface area contributed by atoms with E-state index in [9.17, 15) is 14.4 Å². The van der Waals surface area contributed by atoms with Crippen LogP contribution in [0.5, 0.6) is 0 Å². The van der Waals surface area contributed by atoms with Gasteiger partial charge in [-0.3, -0.25) is 14.4 Å². The molecule has 0 spiro atoms. The molecule has 2 aromatic carbocycles. The van der Waals surface area contributed by atoms with E-state index in [0.29, 0.717) is 59.4 Å². The van der Waals surface area contributed by atoms with Crippen LogP contribution in [0.1, 0.15) is 36.0 Å². The van der Waals surface area contributed by atoms with Crippen molar-refractivity contribution in [2.75, 3.05) is 77.5 Å². The zero-order valence-corrected chi connectivity index (χ0v) is 24.4. The zero-order valence-electron chi connectivity index (χ0n) is 24.4. The van der Waals surface area contributed by atoms with Crippen LogP contribution in [0.3, 0.4) is 0 Å². The first-order valence-electron chi connectivity index (χ1n) is 14.4. The molecule has 11 heteroatoms. The number of anilines is 1. The highest BCUT2D eigenvalue weighted by Crippen LogP contribution is 2.25. The number of benzene rings is 2. The molecule has 232 valence electrons. The second-order valence-corrected chi connectivity index (χ2v) is 9.46. The third kappa shape index (κ3) is 13.4. The van der Waals surface area contributed by atoms with Crippen LogP contribution in [0.15, 0.2) is 48.5 Å². The van der Waals surface area contributed by atoms with Crippen molar-refractivity contribution in [2.45, 2.75) is 25.8 Å². The molecule has 0 unspecified atom stereocenters. The lowest BCUT2D eigenvalue weighted by Gasteiger charge is -2.26. The van der Waals surface area contributed by atoms with E-state index in [1.807, 2.05) is 48.5 Å². The smallest absolute Gasteiger partial charge is 0.305 e. The van der Waals surface area contributed by atoms with Gasteiger partial charge in [0.2, 0.25) is 11.8 Å². The maximum absolute atomic E-state index is 13.2. The molecule has 2 amide bonds. The second kappa shape index (κ2) is 20.2.